The lowest BCUT2D eigenvalue weighted by Gasteiger charge is -2.38. The van der Waals surface area contributed by atoms with Gasteiger partial charge >= 0.3 is 0 Å². The Kier molecular flexibility index (Phi) is 4.46. The molecule has 0 aromatic heterocycles. The molecule has 0 aromatic rings. The number of rotatable bonds is 2. The predicted molar refractivity (Wildman–Crippen MR) is 71.0 cm³/mol. The minimum absolute atomic E-state index is 0.120. The van der Waals surface area contributed by atoms with Crippen LogP contribution in [0.15, 0.2) is 0 Å². The fraction of sp³-hybridized carbons (Fsp3) is 0.933. The van der Waals surface area contributed by atoms with Crippen molar-refractivity contribution in [3.8, 4) is 0 Å². The summed E-state index contributed by atoms with van der Waals surface area (Å²) in [7, 11) is 0. The van der Waals surface area contributed by atoms with Crippen molar-refractivity contribution in [3.05, 3.63) is 0 Å². The molecule has 2 rings (SSSR count). The van der Waals surface area contributed by atoms with Crippen molar-refractivity contribution in [1.82, 2.24) is 4.90 Å². The van der Waals surface area contributed by atoms with Gasteiger partial charge in [0, 0.05) is 31.8 Å². The van der Waals surface area contributed by atoms with Gasteiger partial charge in [0.25, 0.3) is 0 Å². The van der Waals surface area contributed by atoms with E-state index in [9.17, 15) is 13.6 Å². The third-order valence-corrected chi connectivity index (χ3v) is 4.78. The van der Waals surface area contributed by atoms with Gasteiger partial charge < -0.3 is 4.90 Å². The Hall–Kier alpha value is -0.670. The number of carbonyl (C=O) groups is 1. The molecule has 4 heteroatoms. The van der Waals surface area contributed by atoms with Crippen LogP contribution in [0, 0.1) is 17.8 Å². The number of likely N-dealkylation sites (tertiary alicyclic amines) is 1. The van der Waals surface area contributed by atoms with Crippen LogP contribution in [-0.4, -0.2) is 29.8 Å². The van der Waals surface area contributed by atoms with Crippen molar-refractivity contribution in [3.63, 3.8) is 0 Å². The van der Waals surface area contributed by atoms with E-state index in [0.717, 1.165) is 19.5 Å². The molecule has 110 valence electrons. The Morgan fingerprint density at radius 1 is 1.21 bits per heavy atom. The molecule has 1 amide bonds. The van der Waals surface area contributed by atoms with E-state index in [1.54, 1.807) is 0 Å². The van der Waals surface area contributed by atoms with Crippen LogP contribution in [-0.2, 0) is 4.79 Å². The van der Waals surface area contributed by atoms with Crippen LogP contribution >= 0.6 is 0 Å². The van der Waals surface area contributed by atoms with E-state index >= 15 is 0 Å². The van der Waals surface area contributed by atoms with E-state index in [-0.39, 0.29) is 24.7 Å². The van der Waals surface area contributed by atoms with E-state index in [0.29, 0.717) is 24.7 Å². The maximum absolute atomic E-state index is 13.1. The number of piperidine rings is 1. The Morgan fingerprint density at radius 2 is 1.84 bits per heavy atom. The molecular formula is C15H25F2NO. The lowest BCUT2D eigenvalue weighted by atomic mass is 9.83. The summed E-state index contributed by atoms with van der Waals surface area (Å²) in [5, 5.41) is 0. The SMILES string of the molecule is CC(C)C1CCCN(C(=O)C2CCC(F)(F)CC2)C1. The third-order valence-electron chi connectivity index (χ3n) is 4.78. The minimum Gasteiger partial charge on any atom is -0.342 e. The van der Waals surface area contributed by atoms with E-state index < -0.39 is 5.92 Å². The van der Waals surface area contributed by atoms with Gasteiger partial charge in [-0.2, -0.15) is 0 Å². The average molecular weight is 273 g/mol. The summed E-state index contributed by atoms with van der Waals surface area (Å²) >= 11 is 0. The zero-order valence-electron chi connectivity index (χ0n) is 12.0. The lowest BCUT2D eigenvalue weighted by Crippen LogP contribution is -2.45. The van der Waals surface area contributed by atoms with Crippen LogP contribution in [0.1, 0.15) is 52.4 Å². The molecule has 0 aromatic carbocycles. The number of hydrogen-bond donors (Lipinski definition) is 0. The van der Waals surface area contributed by atoms with E-state index in [2.05, 4.69) is 13.8 Å². The fourth-order valence-electron chi connectivity index (χ4n) is 3.30. The summed E-state index contributed by atoms with van der Waals surface area (Å²) in [5.41, 5.74) is 0. The second kappa shape index (κ2) is 5.76. The van der Waals surface area contributed by atoms with Crippen LogP contribution in [0.2, 0.25) is 0 Å². The summed E-state index contributed by atoms with van der Waals surface area (Å²) in [6.45, 7) is 6.03. The monoisotopic (exact) mass is 273 g/mol. The largest absolute Gasteiger partial charge is 0.342 e. The zero-order valence-corrected chi connectivity index (χ0v) is 12.0. The van der Waals surface area contributed by atoms with Crippen molar-refractivity contribution < 1.29 is 13.6 Å². The standard InChI is InChI=1S/C15H25F2NO/c1-11(2)13-4-3-9-18(10-13)14(19)12-5-7-15(16,17)8-6-12/h11-13H,3-10H2,1-2H3. The third kappa shape index (κ3) is 3.67. The summed E-state index contributed by atoms with van der Waals surface area (Å²) < 4.78 is 26.3. The Balaban J connectivity index is 1.89. The first-order valence-corrected chi connectivity index (χ1v) is 7.55. The maximum atomic E-state index is 13.1. The number of alkyl halides is 2. The summed E-state index contributed by atoms with van der Waals surface area (Å²) in [5.74, 6) is -1.42. The van der Waals surface area contributed by atoms with Crippen LogP contribution in [0.4, 0.5) is 8.78 Å². The molecule has 0 bridgehead atoms. The molecule has 0 spiro atoms. The molecule has 0 N–H and O–H groups in total. The molecule has 1 saturated carbocycles. The highest BCUT2D eigenvalue weighted by Gasteiger charge is 2.39. The van der Waals surface area contributed by atoms with Crippen molar-refractivity contribution in [2.75, 3.05) is 13.1 Å². The molecule has 1 heterocycles. The van der Waals surface area contributed by atoms with Crippen LogP contribution in [0.5, 0.6) is 0 Å². The molecule has 2 nitrogen and oxygen atoms in total. The van der Waals surface area contributed by atoms with E-state index in [1.807, 2.05) is 4.90 Å². The van der Waals surface area contributed by atoms with Gasteiger partial charge in [0.2, 0.25) is 11.8 Å². The smallest absolute Gasteiger partial charge is 0.248 e. The van der Waals surface area contributed by atoms with Crippen LogP contribution < -0.4 is 0 Å². The highest BCUT2D eigenvalue weighted by molar-refractivity contribution is 5.79. The number of carbonyl (C=O) groups excluding carboxylic acids is 1. The molecule has 1 aliphatic carbocycles. The first-order valence-electron chi connectivity index (χ1n) is 7.55. The van der Waals surface area contributed by atoms with Crippen molar-refractivity contribution >= 4 is 5.91 Å². The highest BCUT2D eigenvalue weighted by atomic mass is 19.3. The number of hydrogen-bond acceptors (Lipinski definition) is 1. The summed E-state index contributed by atoms with van der Waals surface area (Å²) in [6, 6.07) is 0. The molecule has 1 aliphatic heterocycles. The topological polar surface area (TPSA) is 20.3 Å². The van der Waals surface area contributed by atoms with Crippen LogP contribution in [0.3, 0.4) is 0 Å². The second-order valence-corrected chi connectivity index (χ2v) is 6.56. The van der Waals surface area contributed by atoms with Crippen LogP contribution in [0.25, 0.3) is 0 Å². The molecule has 2 aliphatic rings. The Morgan fingerprint density at radius 3 is 2.42 bits per heavy atom. The quantitative estimate of drug-likeness (QED) is 0.751. The van der Waals surface area contributed by atoms with Gasteiger partial charge in [-0.05, 0) is 37.5 Å². The predicted octanol–water partition coefficient (Wildman–Crippen LogP) is 3.71. The molecule has 19 heavy (non-hydrogen) atoms. The lowest BCUT2D eigenvalue weighted by molar-refractivity contribution is -0.141. The Bertz CT molecular complexity index is 320. The highest BCUT2D eigenvalue weighted by Crippen LogP contribution is 2.37. The first kappa shape index (κ1) is 14.7. The average Bonchev–Trinajstić information content (AvgIpc) is 2.38. The van der Waals surface area contributed by atoms with Gasteiger partial charge in [0.05, 0.1) is 0 Å². The minimum atomic E-state index is -2.54. The van der Waals surface area contributed by atoms with Gasteiger partial charge in [-0.3, -0.25) is 4.79 Å². The summed E-state index contributed by atoms with van der Waals surface area (Å²) in [4.78, 5) is 14.3. The van der Waals surface area contributed by atoms with Gasteiger partial charge in [-0.1, -0.05) is 13.8 Å². The number of nitrogens with zero attached hydrogens (tertiary/aromatic N) is 1. The van der Waals surface area contributed by atoms with E-state index in [1.165, 1.54) is 6.42 Å². The molecule has 1 saturated heterocycles. The second-order valence-electron chi connectivity index (χ2n) is 6.56. The van der Waals surface area contributed by atoms with E-state index in [4.69, 9.17) is 0 Å². The normalized spacial score (nSPS) is 28.7. The molecule has 2 fully saturated rings. The summed E-state index contributed by atoms with van der Waals surface area (Å²) in [6.07, 6.45) is 2.71. The zero-order chi connectivity index (χ0) is 14.0. The van der Waals surface area contributed by atoms with Crippen molar-refractivity contribution in [1.29, 1.82) is 0 Å². The van der Waals surface area contributed by atoms with Gasteiger partial charge in [-0.15, -0.1) is 0 Å². The van der Waals surface area contributed by atoms with Gasteiger partial charge in [0.1, 0.15) is 0 Å². The van der Waals surface area contributed by atoms with Crippen molar-refractivity contribution in [2.24, 2.45) is 17.8 Å². The fourth-order valence-corrected chi connectivity index (χ4v) is 3.30. The molecule has 1 unspecified atom stereocenters. The van der Waals surface area contributed by atoms with Crippen molar-refractivity contribution in [2.45, 2.75) is 58.3 Å². The number of halogens is 2. The van der Waals surface area contributed by atoms with Gasteiger partial charge in [-0.25, -0.2) is 8.78 Å². The van der Waals surface area contributed by atoms with Gasteiger partial charge in [0.15, 0.2) is 0 Å². The maximum Gasteiger partial charge on any atom is 0.248 e. The molecule has 0 radical (unpaired) electrons. The Labute approximate surface area is 114 Å². The first-order chi connectivity index (χ1) is 8.89. The number of amides is 1. The molecular weight excluding hydrogens is 248 g/mol. The molecule has 1 atom stereocenters.